The van der Waals surface area contributed by atoms with Crippen molar-refractivity contribution in [2.24, 2.45) is 11.3 Å². The van der Waals surface area contributed by atoms with Crippen LogP contribution in [0.25, 0.3) is 0 Å². The van der Waals surface area contributed by atoms with Gasteiger partial charge in [-0.25, -0.2) is 0 Å². The molecule has 0 radical (unpaired) electrons. The summed E-state index contributed by atoms with van der Waals surface area (Å²) in [6.07, 6.45) is 8.85. The number of aliphatic hydroxyl groups is 1. The van der Waals surface area contributed by atoms with Crippen molar-refractivity contribution in [1.82, 2.24) is 5.32 Å². The summed E-state index contributed by atoms with van der Waals surface area (Å²) in [5, 5.41) is 12.0. The Morgan fingerprint density at radius 1 is 1.22 bits per heavy atom. The maximum atomic E-state index is 12.1. The standard InChI is InChI=1S/C15H29NO2/c1-15(2,10-7-11-17)12-16-14(18)13-8-5-3-4-6-9-13/h13,17H,3-12H2,1-2H3,(H,16,18). The monoisotopic (exact) mass is 255 g/mol. The molecule has 106 valence electrons. The van der Waals surface area contributed by atoms with Crippen LogP contribution in [0.1, 0.15) is 65.2 Å². The van der Waals surface area contributed by atoms with Gasteiger partial charge in [-0.05, 0) is 31.1 Å². The number of carbonyl (C=O) groups is 1. The molecule has 1 rings (SSSR count). The molecule has 0 saturated heterocycles. The Morgan fingerprint density at radius 2 is 1.83 bits per heavy atom. The number of hydrogen-bond acceptors (Lipinski definition) is 2. The second kappa shape index (κ2) is 7.78. The van der Waals surface area contributed by atoms with Gasteiger partial charge in [-0.2, -0.15) is 0 Å². The quantitative estimate of drug-likeness (QED) is 0.717. The molecule has 0 aliphatic heterocycles. The molecule has 0 aromatic rings. The lowest BCUT2D eigenvalue weighted by atomic mass is 9.87. The maximum Gasteiger partial charge on any atom is 0.223 e. The summed E-state index contributed by atoms with van der Waals surface area (Å²) < 4.78 is 0. The molecule has 0 spiro atoms. The average Bonchev–Trinajstić information content (AvgIpc) is 2.62. The lowest BCUT2D eigenvalue weighted by molar-refractivity contribution is -0.125. The Balaban J connectivity index is 2.30. The van der Waals surface area contributed by atoms with Crippen molar-refractivity contribution in [1.29, 1.82) is 0 Å². The summed E-state index contributed by atoms with van der Waals surface area (Å²) in [6, 6.07) is 0. The molecule has 3 heteroatoms. The van der Waals surface area contributed by atoms with Crippen molar-refractivity contribution in [3.63, 3.8) is 0 Å². The lowest BCUT2D eigenvalue weighted by Gasteiger charge is -2.26. The van der Waals surface area contributed by atoms with Crippen LogP contribution in [0.5, 0.6) is 0 Å². The Labute approximate surface area is 111 Å². The van der Waals surface area contributed by atoms with Gasteiger partial charge < -0.3 is 10.4 Å². The molecule has 1 aliphatic carbocycles. The highest BCUT2D eigenvalue weighted by Crippen LogP contribution is 2.24. The van der Waals surface area contributed by atoms with Gasteiger partial charge in [-0.3, -0.25) is 4.79 Å². The molecule has 0 aromatic carbocycles. The molecule has 1 aliphatic rings. The largest absolute Gasteiger partial charge is 0.396 e. The SMILES string of the molecule is CC(C)(CCCO)CNC(=O)C1CCCCCC1. The van der Waals surface area contributed by atoms with Crippen molar-refractivity contribution in [2.75, 3.05) is 13.2 Å². The fraction of sp³-hybridized carbons (Fsp3) is 0.933. The first-order valence-corrected chi connectivity index (χ1v) is 7.44. The third-order valence-electron chi connectivity index (χ3n) is 3.98. The van der Waals surface area contributed by atoms with Crippen LogP contribution in [0.4, 0.5) is 0 Å². The van der Waals surface area contributed by atoms with E-state index in [1.165, 1.54) is 25.7 Å². The number of rotatable bonds is 6. The number of hydrogen-bond donors (Lipinski definition) is 2. The van der Waals surface area contributed by atoms with E-state index in [1.807, 2.05) is 0 Å². The predicted molar refractivity (Wildman–Crippen MR) is 74.3 cm³/mol. The van der Waals surface area contributed by atoms with Crippen LogP contribution in [0.2, 0.25) is 0 Å². The molecule has 3 nitrogen and oxygen atoms in total. The summed E-state index contributed by atoms with van der Waals surface area (Å²) >= 11 is 0. The number of nitrogens with one attached hydrogen (secondary N) is 1. The van der Waals surface area contributed by atoms with E-state index >= 15 is 0 Å². The molecule has 1 saturated carbocycles. The van der Waals surface area contributed by atoms with Crippen molar-refractivity contribution in [3.05, 3.63) is 0 Å². The number of amides is 1. The zero-order chi connectivity index (χ0) is 13.4. The van der Waals surface area contributed by atoms with Gasteiger partial charge in [0.15, 0.2) is 0 Å². The van der Waals surface area contributed by atoms with E-state index < -0.39 is 0 Å². The van der Waals surface area contributed by atoms with Gasteiger partial charge in [0.05, 0.1) is 0 Å². The fourth-order valence-corrected chi connectivity index (χ4v) is 2.66. The Bertz CT molecular complexity index is 243. The van der Waals surface area contributed by atoms with Crippen LogP contribution in [-0.2, 0) is 4.79 Å². The van der Waals surface area contributed by atoms with Crippen LogP contribution in [0.15, 0.2) is 0 Å². The summed E-state index contributed by atoms with van der Waals surface area (Å²) in [7, 11) is 0. The van der Waals surface area contributed by atoms with Gasteiger partial charge >= 0.3 is 0 Å². The van der Waals surface area contributed by atoms with E-state index in [-0.39, 0.29) is 23.8 Å². The summed E-state index contributed by atoms with van der Waals surface area (Å²) in [5.74, 6) is 0.482. The summed E-state index contributed by atoms with van der Waals surface area (Å²) in [5.41, 5.74) is 0.0864. The van der Waals surface area contributed by atoms with E-state index in [2.05, 4.69) is 19.2 Å². The van der Waals surface area contributed by atoms with Gasteiger partial charge in [0.2, 0.25) is 5.91 Å². The highest BCUT2D eigenvalue weighted by Gasteiger charge is 2.23. The molecule has 0 bridgehead atoms. The Hall–Kier alpha value is -0.570. The molecular weight excluding hydrogens is 226 g/mol. The minimum Gasteiger partial charge on any atom is -0.396 e. The first-order valence-electron chi connectivity index (χ1n) is 7.44. The summed E-state index contributed by atoms with van der Waals surface area (Å²) in [6.45, 7) is 5.26. The molecule has 0 aromatic heterocycles. The van der Waals surface area contributed by atoms with Crippen LogP contribution >= 0.6 is 0 Å². The second-order valence-electron chi connectivity index (χ2n) is 6.40. The van der Waals surface area contributed by atoms with Crippen LogP contribution in [0, 0.1) is 11.3 Å². The van der Waals surface area contributed by atoms with E-state index in [0.717, 1.165) is 32.2 Å². The minimum absolute atomic E-state index is 0.0864. The molecule has 1 amide bonds. The average molecular weight is 255 g/mol. The molecule has 0 heterocycles. The summed E-state index contributed by atoms with van der Waals surface area (Å²) in [4.78, 5) is 12.1. The molecule has 2 N–H and O–H groups in total. The van der Waals surface area contributed by atoms with E-state index in [0.29, 0.717) is 0 Å². The van der Waals surface area contributed by atoms with Crippen LogP contribution < -0.4 is 5.32 Å². The van der Waals surface area contributed by atoms with Crippen LogP contribution in [-0.4, -0.2) is 24.2 Å². The maximum absolute atomic E-state index is 12.1. The molecule has 18 heavy (non-hydrogen) atoms. The van der Waals surface area contributed by atoms with Crippen molar-refractivity contribution >= 4 is 5.91 Å². The van der Waals surface area contributed by atoms with E-state index in [9.17, 15) is 4.79 Å². The van der Waals surface area contributed by atoms with E-state index in [1.54, 1.807) is 0 Å². The molecule has 1 fully saturated rings. The zero-order valence-electron chi connectivity index (χ0n) is 12.0. The number of aliphatic hydroxyl groups excluding tert-OH is 1. The van der Waals surface area contributed by atoms with Gasteiger partial charge in [0.1, 0.15) is 0 Å². The minimum atomic E-state index is 0.0864. The third-order valence-corrected chi connectivity index (χ3v) is 3.98. The van der Waals surface area contributed by atoms with Gasteiger partial charge in [0, 0.05) is 19.1 Å². The second-order valence-corrected chi connectivity index (χ2v) is 6.40. The first-order chi connectivity index (χ1) is 8.55. The Morgan fingerprint density at radius 3 is 2.39 bits per heavy atom. The highest BCUT2D eigenvalue weighted by atomic mass is 16.2. The zero-order valence-corrected chi connectivity index (χ0v) is 12.0. The van der Waals surface area contributed by atoms with E-state index in [4.69, 9.17) is 5.11 Å². The molecule has 0 unspecified atom stereocenters. The lowest BCUT2D eigenvalue weighted by Crippen LogP contribution is -2.37. The van der Waals surface area contributed by atoms with Crippen molar-refractivity contribution in [3.8, 4) is 0 Å². The van der Waals surface area contributed by atoms with Gasteiger partial charge in [-0.15, -0.1) is 0 Å². The molecular formula is C15H29NO2. The number of carbonyl (C=O) groups excluding carboxylic acids is 1. The third kappa shape index (κ3) is 5.85. The van der Waals surface area contributed by atoms with Crippen molar-refractivity contribution in [2.45, 2.75) is 65.2 Å². The predicted octanol–water partition coefficient (Wildman–Crippen LogP) is 2.87. The van der Waals surface area contributed by atoms with Crippen molar-refractivity contribution < 1.29 is 9.90 Å². The normalized spacial score (nSPS) is 18.4. The molecule has 0 atom stereocenters. The van der Waals surface area contributed by atoms with Crippen LogP contribution in [0.3, 0.4) is 0 Å². The van der Waals surface area contributed by atoms with Gasteiger partial charge in [0.25, 0.3) is 0 Å². The highest BCUT2D eigenvalue weighted by molar-refractivity contribution is 5.78. The fourth-order valence-electron chi connectivity index (χ4n) is 2.66. The Kier molecular flexibility index (Phi) is 6.69. The van der Waals surface area contributed by atoms with Gasteiger partial charge in [-0.1, -0.05) is 39.5 Å². The topological polar surface area (TPSA) is 49.3 Å². The smallest absolute Gasteiger partial charge is 0.223 e. The first kappa shape index (κ1) is 15.5.